The van der Waals surface area contributed by atoms with Gasteiger partial charge in [0.25, 0.3) is 0 Å². The predicted molar refractivity (Wildman–Crippen MR) is 85.9 cm³/mol. The SMILES string of the molecule is CCCC[S@@+]([O-])NC(CCN(C)C)c1ccc(C)cn1. The van der Waals surface area contributed by atoms with Crippen LogP contribution in [0.1, 0.15) is 43.5 Å². The van der Waals surface area contributed by atoms with Crippen molar-refractivity contribution in [3.63, 3.8) is 0 Å². The normalized spacial score (nSPS) is 14.5. The maximum atomic E-state index is 12.1. The van der Waals surface area contributed by atoms with Crippen LogP contribution in [-0.4, -0.2) is 40.8 Å². The zero-order valence-corrected chi connectivity index (χ0v) is 13.9. The summed E-state index contributed by atoms with van der Waals surface area (Å²) in [5.74, 6) is 0.709. The molecule has 5 heteroatoms. The molecule has 0 bridgehead atoms. The second-order valence-electron chi connectivity index (χ2n) is 5.43. The van der Waals surface area contributed by atoms with E-state index in [-0.39, 0.29) is 6.04 Å². The van der Waals surface area contributed by atoms with Gasteiger partial charge in [0.15, 0.2) is 0 Å². The van der Waals surface area contributed by atoms with E-state index < -0.39 is 11.4 Å². The molecular weight excluding hydrogens is 270 g/mol. The summed E-state index contributed by atoms with van der Waals surface area (Å²) >= 11 is -0.979. The van der Waals surface area contributed by atoms with Crippen molar-refractivity contribution in [1.82, 2.24) is 14.6 Å². The lowest BCUT2D eigenvalue weighted by Crippen LogP contribution is -2.33. The molecule has 0 saturated heterocycles. The Kier molecular flexibility index (Phi) is 8.14. The van der Waals surface area contributed by atoms with Crippen LogP contribution in [0.5, 0.6) is 0 Å². The number of pyridine rings is 1. The average molecular weight is 297 g/mol. The minimum absolute atomic E-state index is 0.0516. The molecule has 1 N–H and O–H groups in total. The monoisotopic (exact) mass is 297 g/mol. The molecule has 0 spiro atoms. The quantitative estimate of drug-likeness (QED) is 0.711. The van der Waals surface area contributed by atoms with Gasteiger partial charge < -0.3 is 9.45 Å². The maximum Gasteiger partial charge on any atom is 0.125 e. The summed E-state index contributed by atoms with van der Waals surface area (Å²) < 4.78 is 15.3. The van der Waals surface area contributed by atoms with E-state index in [9.17, 15) is 4.55 Å². The number of unbranched alkanes of at least 4 members (excludes halogenated alkanes) is 1. The third-order valence-corrected chi connectivity index (χ3v) is 4.32. The first kappa shape index (κ1) is 17.4. The zero-order valence-electron chi connectivity index (χ0n) is 13.1. The minimum atomic E-state index is -0.979. The summed E-state index contributed by atoms with van der Waals surface area (Å²) in [5, 5.41) is 0. The smallest absolute Gasteiger partial charge is 0.125 e. The molecule has 1 aromatic heterocycles. The highest BCUT2D eigenvalue weighted by atomic mass is 32.2. The zero-order chi connectivity index (χ0) is 15.0. The van der Waals surface area contributed by atoms with E-state index in [4.69, 9.17) is 0 Å². The van der Waals surface area contributed by atoms with Gasteiger partial charge in [-0.25, -0.2) is 0 Å². The second-order valence-corrected chi connectivity index (χ2v) is 6.76. The number of aryl methyl sites for hydroxylation is 1. The maximum absolute atomic E-state index is 12.1. The average Bonchev–Trinajstić information content (AvgIpc) is 2.42. The van der Waals surface area contributed by atoms with Crippen LogP contribution in [0.2, 0.25) is 0 Å². The lowest BCUT2D eigenvalue weighted by molar-refractivity contribution is 0.372. The highest BCUT2D eigenvalue weighted by Gasteiger charge is 2.19. The first-order valence-electron chi connectivity index (χ1n) is 7.24. The fourth-order valence-corrected chi connectivity index (χ4v) is 3.06. The Morgan fingerprint density at radius 1 is 1.40 bits per heavy atom. The van der Waals surface area contributed by atoms with Crippen LogP contribution in [-0.2, 0) is 11.4 Å². The van der Waals surface area contributed by atoms with Crippen LogP contribution in [0.15, 0.2) is 18.3 Å². The van der Waals surface area contributed by atoms with Gasteiger partial charge in [0.05, 0.1) is 11.7 Å². The van der Waals surface area contributed by atoms with E-state index in [2.05, 4.69) is 27.6 Å². The van der Waals surface area contributed by atoms with E-state index in [1.165, 1.54) is 0 Å². The highest BCUT2D eigenvalue weighted by molar-refractivity contribution is 7.89. The molecule has 0 radical (unpaired) electrons. The molecule has 1 unspecified atom stereocenters. The number of nitrogens with one attached hydrogen (secondary N) is 1. The fourth-order valence-electron chi connectivity index (χ4n) is 1.83. The van der Waals surface area contributed by atoms with Gasteiger partial charge in [-0.3, -0.25) is 4.98 Å². The van der Waals surface area contributed by atoms with Gasteiger partial charge >= 0.3 is 0 Å². The van der Waals surface area contributed by atoms with Crippen LogP contribution in [0.25, 0.3) is 0 Å². The van der Waals surface area contributed by atoms with Gasteiger partial charge in [-0.1, -0.05) is 19.4 Å². The van der Waals surface area contributed by atoms with Crippen molar-refractivity contribution in [3.8, 4) is 0 Å². The molecule has 0 aliphatic heterocycles. The number of aromatic nitrogens is 1. The fraction of sp³-hybridized carbons (Fsp3) is 0.667. The molecule has 0 aromatic carbocycles. The third kappa shape index (κ3) is 6.70. The van der Waals surface area contributed by atoms with Crippen molar-refractivity contribution in [2.24, 2.45) is 0 Å². The standard InChI is InChI=1S/C15H27N3OS/c1-5-6-11-20(19)17-15(9-10-18(3)4)14-8-7-13(2)12-16-14/h7-8,12,15,17H,5-6,9-11H2,1-4H3/t15?,20-/m1/s1. The second kappa shape index (κ2) is 9.34. The van der Waals surface area contributed by atoms with Crippen molar-refractivity contribution in [3.05, 3.63) is 29.6 Å². The summed E-state index contributed by atoms with van der Waals surface area (Å²) in [7, 11) is 4.10. The lowest BCUT2D eigenvalue weighted by atomic mass is 10.1. The van der Waals surface area contributed by atoms with Crippen LogP contribution in [0, 0.1) is 6.92 Å². The summed E-state index contributed by atoms with van der Waals surface area (Å²) in [6.45, 7) is 5.08. The summed E-state index contributed by atoms with van der Waals surface area (Å²) in [6, 6.07) is 4.14. The molecule has 2 atom stereocenters. The van der Waals surface area contributed by atoms with E-state index in [1.807, 2.05) is 33.3 Å². The third-order valence-electron chi connectivity index (χ3n) is 3.11. The van der Waals surface area contributed by atoms with E-state index >= 15 is 0 Å². The number of hydrogen-bond donors (Lipinski definition) is 1. The number of nitrogens with zero attached hydrogens (tertiary/aromatic N) is 2. The van der Waals surface area contributed by atoms with Gasteiger partial charge in [0.2, 0.25) is 0 Å². The molecule has 0 amide bonds. The van der Waals surface area contributed by atoms with Crippen molar-refractivity contribution in [1.29, 1.82) is 0 Å². The van der Waals surface area contributed by atoms with Crippen LogP contribution in [0.4, 0.5) is 0 Å². The van der Waals surface area contributed by atoms with Crippen LogP contribution >= 0.6 is 0 Å². The van der Waals surface area contributed by atoms with Crippen LogP contribution < -0.4 is 4.72 Å². The first-order chi connectivity index (χ1) is 9.52. The van der Waals surface area contributed by atoms with Crippen LogP contribution in [0.3, 0.4) is 0 Å². The highest BCUT2D eigenvalue weighted by Crippen LogP contribution is 2.17. The van der Waals surface area contributed by atoms with E-state index in [0.29, 0.717) is 5.75 Å². The first-order valence-corrected chi connectivity index (χ1v) is 8.56. The Balaban J connectivity index is 2.66. The topological polar surface area (TPSA) is 51.2 Å². The molecule has 20 heavy (non-hydrogen) atoms. The molecule has 1 rings (SSSR count). The molecule has 0 aliphatic rings. The van der Waals surface area contributed by atoms with Gasteiger partial charge in [-0.05, 0) is 52.0 Å². The number of rotatable bonds is 9. The Labute approximate surface area is 126 Å². The molecule has 114 valence electrons. The molecule has 0 aliphatic carbocycles. The summed E-state index contributed by atoms with van der Waals surface area (Å²) in [6.07, 6.45) is 4.83. The number of hydrogen-bond acceptors (Lipinski definition) is 4. The Morgan fingerprint density at radius 2 is 2.15 bits per heavy atom. The molecule has 0 fully saturated rings. The van der Waals surface area contributed by atoms with Crippen molar-refractivity contribution in [2.45, 2.75) is 39.2 Å². The minimum Gasteiger partial charge on any atom is -0.598 e. The van der Waals surface area contributed by atoms with Crippen molar-refractivity contribution in [2.75, 3.05) is 26.4 Å². The Morgan fingerprint density at radius 3 is 2.70 bits per heavy atom. The Hall–Kier alpha value is -0.620. The van der Waals surface area contributed by atoms with Gasteiger partial charge in [-0.2, -0.15) is 0 Å². The molecule has 4 nitrogen and oxygen atoms in total. The van der Waals surface area contributed by atoms with E-state index in [1.54, 1.807) is 0 Å². The lowest BCUT2D eigenvalue weighted by Gasteiger charge is -2.21. The molecule has 0 saturated carbocycles. The van der Waals surface area contributed by atoms with Gasteiger partial charge in [-0.15, -0.1) is 4.72 Å². The molecule has 1 heterocycles. The molecular formula is C15H27N3OS. The predicted octanol–water partition coefficient (Wildman–Crippen LogP) is 2.44. The van der Waals surface area contributed by atoms with Gasteiger partial charge in [0.1, 0.15) is 5.75 Å². The molecule has 1 aromatic rings. The van der Waals surface area contributed by atoms with Gasteiger partial charge in [0, 0.05) is 17.6 Å². The summed E-state index contributed by atoms with van der Waals surface area (Å²) in [4.78, 5) is 6.61. The van der Waals surface area contributed by atoms with E-state index in [0.717, 1.165) is 37.1 Å². The van der Waals surface area contributed by atoms with Crippen molar-refractivity contribution < 1.29 is 4.55 Å². The Bertz CT molecular complexity index is 370. The largest absolute Gasteiger partial charge is 0.598 e. The van der Waals surface area contributed by atoms with Crippen molar-refractivity contribution >= 4 is 11.4 Å². The summed E-state index contributed by atoms with van der Waals surface area (Å²) in [5.41, 5.74) is 2.12.